The van der Waals surface area contributed by atoms with E-state index in [9.17, 15) is 23.6 Å². The number of aliphatic hydroxyl groups is 1. The highest BCUT2D eigenvalue weighted by Crippen LogP contribution is 2.37. The van der Waals surface area contributed by atoms with Crippen molar-refractivity contribution in [3.8, 4) is 0 Å². The Bertz CT molecular complexity index is 901. The standard InChI is InChI=1S/C16H15BrN2O6S/c17-12-3-1-11(2-4-12)16-9-14(10-20)19(25-16)26(23,24)15-7-5-13(6-8-15)18(21)22/h1-8,14,16,20H,9-10H2/t14-,16+/m1/s1. The lowest BCUT2D eigenvalue weighted by Gasteiger charge is -2.20. The second kappa shape index (κ2) is 7.41. The fourth-order valence-corrected chi connectivity index (χ4v) is 4.41. The summed E-state index contributed by atoms with van der Waals surface area (Å²) in [5.74, 6) is 0. The molecule has 138 valence electrons. The van der Waals surface area contributed by atoms with Gasteiger partial charge >= 0.3 is 0 Å². The summed E-state index contributed by atoms with van der Waals surface area (Å²) >= 11 is 3.33. The summed E-state index contributed by atoms with van der Waals surface area (Å²) in [7, 11) is -4.07. The van der Waals surface area contributed by atoms with Crippen LogP contribution in [0.1, 0.15) is 18.1 Å². The van der Waals surface area contributed by atoms with Crippen LogP contribution in [-0.4, -0.2) is 35.6 Å². The van der Waals surface area contributed by atoms with Crippen molar-refractivity contribution in [3.05, 3.63) is 68.7 Å². The van der Waals surface area contributed by atoms with Gasteiger partial charge in [-0.15, -0.1) is 0 Å². The quantitative estimate of drug-likeness (QED) is 0.562. The number of hydroxylamine groups is 1. The molecule has 1 aliphatic rings. The van der Waals surface area contributed by atoms with Crippen LogP contribution in [0.25, 0.3) is 0 Å². The van der Waals surface area contributed by atoms with Crippen molar-refractivity contribution < 1.29 is 23.3 Å². The molecule has 2 aromatic carbocycles. The lowest BCUT2D eigenvalue weighted by molar-refractivity contribution is -0.384. The van der Waals surface area contributed by atoms with Crippen LogP contribution in [-0.2, 0) is 14.9 Å². The maximum atomic E-state index is 12.8. The van der Waals surface area contributed by atoms with Crippen LogP contribution < -0.4 is 0 Å². The lowest BCUT2D eigenvalue weighted by Crippen LogP contribution is -2.36. The summed E-state index contributed by atoms with van der Waals surface area (Å²) in [5, 5.41) is 20.3. The Balaban J connectivity index is 1.88. The molecule has 0 unspecified atom stereocenters. The molecule has 0 spiro atoms. The number of nitrogens with zero attached hydrogens (tertiary/aromatic N) is 2. The van der Waals surface area contributed by atoms with Gasteiger partial charge in [0.2, 0.25) is 0 Å². The molecule has 1 N–H and O–H groups in total. The van der Waals surface area contributed by atoms with Gasteiger partial charge in [0.25, 0.3) is 15.7 Å². The first-order valence-electron chi connectivity index (χ1n) is 7.65. The topological polar surface area (TPSA) is 110 Å². The Morgan fingerprint density at radius 1 is 1.19 bits per heavy atom. The molecule has 0 aliphatic carbocycles. The Morgan fingerprint density at radius 3 is 2.35 bits per heavy atom. The van der Waals surface area contributed by atoms with E-state index in [4.69, 9.17) is 4.84 Å². The summed E-state index contributed by atoms with van der Waals surface area (Å²) in [6.45, 7) is -0.404. The smallest absolute Gasteiger partial charge is 0.269 e. The molecular weight excluding hydrogens is 428 g/mol. The molecule has 0 bridgehead atoms. The zero-order chi connectivity index (χ0) is 18.9. The summed E-state index contributed by atoms with van der Waals surface area (Å²) in [4.78, 5) is 15.6. The number of rotatable bonds is 5. The number of nitro benzene ring substituents is 1. The van der Waals surface area contributed by atoms with Gasteiger partial charge in [0.1, 0.15) is 6.10 Å². The zero-order valence-electron chi connectivity index (χ0n) is 13.4. The van der Waals surface area contributed by atoms with Crippen LogP contribution in [0, 0.1) is 10.1 Å². The minimum atomic E-state index is -4.07. The second-order valence-electron chi connectivity index (χ2n) is 5.73. The van der Waals surface area contributed by atoms with Crippen molar-refractivity contribution in [3.63, 3.8) is 0 Å². The number of halogens is 1. The molecule has 2 aromatic rings. The van der Waals surface area contributed by atoms with E-state index in [1.807, 2.05) is 24.3 Å². The van der Waals surface area contributed by atoms with E-state index in [2.05, 4.69) is 15.9 Å². The highest BCUT2D eigenvalue weighted by atomic mass is 79.9. The molecule has 1 saturated heterocycles. The largest absolute Gasteiger partial charge is 0.395 e. The van der Waals surface area contributed by atoms with Gasteiger partial charge in [0.05, 0.1) is 22.5 Å². The third-order valence-corrected chi connectivity index (χ3v) is 6.30. The number of non-ortho nitro benzene ring substituents is 1. The average Bonchev–Trinajstić information content (AvgIpc) is 3.07. The van der Waals surface area contributed by atoms with Crippen LogP contribution >= 0.6 is 15.9 Å². The number of benzene rings is 2. The highest BCUT2D eigenvalue weighted by molar-refractivity contribution is 9.10. The minimum Gasteiger partial charge on any atom is -0.395 e. The molecule has 2 atom stereocenters. The molecule has 1 heterocycles. The summed E-state index contributed by atoms with van der Waals surface area (Å²) < 4.78 is 27.3. The van der Waals surface area contributed by atoms with Gasteiger partial charge in [-0.1, -0.05) is 32.5 Å². The van der Waals surface area contributed by atoms with Gasteiger partial charge in [-0.3, -0.25) is 15.0 Å². The van der Waals surface area contributed by atoms with Crippen molar-refractivity contribution in [1.29, 1.82) is 0 Å². The molecule has 1 aliphatic heterocycles. The second-order valence-corrected chi connectivity index (χ2v) is 8.43. The van der Waals surface area contributed by atoms with E-state index >= 15 is 0 Å². The first-order valence-corrected chi connectivity index (χ1v) is 9.88. The molecule has 8 nitrogen and oxygen atoms in total. The molecule has 0 radical (unpaired) electrons. The normalized spacial score (nSPS) is 21.0. The van der Waals surface area contributed by atoms with E-state index in [1.165, 1.54) is 0 Å². The number of aliphatic hydroxyl groups excluding tert-OH is 1. The molecule has 10 heteroatoms. The van der Waals surface area contributed by atoms with Crippen LogP contribution in [0.5, 0.6) is 0 Å². The fraction of sp³-hybridized carbons (Fsp3) is 0.250. The molecule has 1 fully saturated rings. The number of nitro groups is 1. The van der Waals surface area contributed by atoms with Gasteiger partial charge in [-0.2, -0.15) is 0 Å². The number of hydrogen-bond acceptors (Lipinski definition) is 6. The predicted molar refractivity (Wildman–Crippen MR) is 95.6 cm³/mol. The van der Waals surface area contributed by atoms with Gasteiger partial charge in [0.15, 0.2) is 0 Å². The Hall–Kier alpha value is -1.85. The van der Waals surface area contributed by atoms with Gasteiger partial charge in [-0.25, -0.2) is 8.42 Å². The van der Waals surface area contributed by atoms with Gasteiger partial charge in [0, 0.05) is 23.0 Å². The maximum absolute atomic E-state index is 12.8. The number of sulfonamides is 1. The lowest BCUT2D eigenvalue weighted by atomic mass is 10.0. The van der Waals surface area contributed by atoms with Crippen LogP contribution in [0.2, 0.25) is 0 Å². The molecule has 3 rings (SSSR count). The fourth-order valence-electron chi connectivity index (χ4n) is 2.70. The Morgan fingerprint density at radius 2 is 1.81 bits per heavy atom. The third kappa shape index (κ3) is 3.64. The van der Waals surface area contributed by atoms with Crippen LogP contribution in [0.15, 0.2) is 57.9 Å². The molecule has 0 saturated carbocycles. The average molecular weight is 443 g/mol. The minimum absolute atomic E-state index is 0.141. The number of hydrogen-bond donors (Lipinski definition) is 1. The molecular formula is C16H15BrN2O6S. The van der Waals surface area contributed by atoms with Gasteiger partial charge in [-0.05, 0) is 29.8 Å². The Kier molecular flexibility index (Phi) is 5.39. The van der Waals surface area contributed by atoms with E-state index in [-0.39, 0.29) is 10.6 Å². The Labute approximate surface area is 158 Å². The molecule has 0 amide bonds. The predicted octanol–water partition coefficient (Wildman–Crippen LogP) is 2.79. The first-order chi connectivity index (χ1) is 12.3. The van der Waals surface area contributed by atoms with E-state index in [0.717, 1.165) is 38.8 Å². The van der Waals surface area contributed by atoms with Gasteiger partial charge < -0.3 is 5.11 Å². The summed E-state index contributed by atoms with van der Waals surface area (Å²) in [6, 6.07) is 11.0. The van der Waals surface area contributed by atoms with Crippen molar-refractivity contribution in [2.75, 3.05) is 6.61 Å². The van der Waals surface area contributed by atoms with Crippen LogP contribution in [0.4, 0.5) is 5.69 Å². The van der Waals surface area contributed by atoms with E-state index in [0.29, 0.717) is 6.42 Å². The van der Waals surface area contributed by atoms with Crippen molar-refractivity contribution in [1.82, 2.24) is 4.47 Å². The SMILES string of the molecule is O=[N+]([O-])c1ccc(S(=O)(=O)N2O[C@H](c3ccc(Br)cc3)C[C@@H]2CO)cc1. The monoisotopic (exact) mass is 442 g/mol. The van der Waals surface area contributed by atoms with E-state index < -0.39 is 33.7 Å². The van der Waals surface area contributed by atoms with Crippen molar-refractivity contribution in [2.45, 2.75) is 23.5 Å². The molecule has 0 aromatic heterocycles. The third-order valence-electron chi connectivity index (χ3n) is 4.05. The summed E-state index contributed by atoms with van der Waals surface area (Å²) in [5.41, 5.74) is 0.575. The zero-order valence-corrected chi connectivity index (χ0v) is 15.8. The molecule has 26 heavy (non-hydrogen) atoms. The van der Waals surface area contributed by atoms with Crippen molar-refractivity contribution >= 4 is 31.6 Å². The van der Waals surface area contributed by atoms with Crippen LogP contribution in [0.3, 0.4) is 0 Å². The van der Waals surface area contributed by atoms with E-state index in [1.54, 1.807) is 0 Å². The maximum Gasteiger partial charge on any atom is 0.269 e. The highest BCUT2D eigenvalue weighted by Gasteiger charge is 2.42. The first kappa shape index (κ1) is 18.9. The summed E-state index contributed by atoms with van der Waals surface area (Å²) in [6.07, 6.45) is -0.224. The van der Waals surface area contributed by atoms with Crippen molar-refractivity contribution in [2.24, 2.45) is 0 Å².